The quantitative estimate of drug-likeness (QED) is 0.466. The molecular formula is C25H28N2O7. The monoisotopic (exact) mass is 468 g/mol. The summed E-state index contributed by atoms with van der Waals surface area (Å²) in [6.45, 7) is 0.160. The highest BCUT2D eigenvalue weighted by molar-refractivity contribution is 5.93. The van der Waals surface area contributed by atoms with Gasteiger partial charge in [0, 0.05) is 45.0 Å². The highest BCUT2D eigenvalue weighted by atomic mass is 16.5. The number of carboxylic acids is 1. The van der Waals surface area contributed by atoms with Crippen LogP contribution in [-0.4, -0.2) is 66.2 Å². The van der Waals surface area contributed by atoms with E-state index in [0.717, 1.165) is 22.3 Å². The Labute approximate surface area is 197 Å². The van der Waals surface area contributed by atoms with E-state index < -0.39 is 36.2 Å². The van der Waals surface area contributed by atoms with Gasteiger partial charge in [0.15, 0.2) is 0 Å². The molecular weight excluding hydrogens is 440 g/mol. The molecule has 9 heteroatoms. The van der Waals surface area contributed by atoms with Gasteiger partial charge < -0.3 is 30.3 Å². The smallest absolute Gasteiger partial charge is 0.408 e. The van der Waals surface area contributed by atoms with Crippen molar-refractivity contribution in [3.8, 4) is 11.1 Å². The van der Waals surface area contributed by atoms with Crippen molar-refractivity contribution < 1.29 is 34.1 Å². The number of carbonyl (C=O) groups excluding carboxylic acids is 2. The Morgan fingerprint density at radius 3 is 2.18 bits per heavy atom. The van der Waals surface area contributed by atoms with E-state index in [1.165, 1.54) is 0 Å². The molecule has 1 fully saturated rings. The number of ether oxygens (including phenoxy) is 2. The van der Waals surface area contributed by atoms with E-state index in [1.807, 2.05) is 48.5 Å². The van der Waals surface area contributed by atoms with Crippen molar-refractivity contribution >= 4 is 18.0 Å². The minimum Gasteiger partial charge on any atom is -0.480 e. The standard InChI is InChI=1S/C25H28N2O7/c28-12-9-21(22(29)30)26-23(31)25(10-13-33-14-11-25)27-24(32)34-15-20-18-7-3-1-5-16(18)17-6-2-4-8-19(17)20/h1-8,20-21,28H,9-15H2,(H,26,31)(H,27,32)(H,29,30)/t21-/m0/s1. The molecule has 4 rings (SSSR count). The number of amides is 2. The highest BCUT2D eigenvalue weighted by Crippen LogP contribution is 2.44. The Balaban J connectivity index is 1.46. The van der Waals surface area contributed by atoms with Crippen LogP contribution in [0.1, 0.15) is 36.3 Å². The van der Waals surface area contributed by atoms with Crippen molar-refractivity contribution in [2.45, 2.75) is 36.8 Å². The van der Waals surface area contributed by atoms with Crippen molar-refractivity contribution in [2.75, 3.05) is 26.4 Å². The van der Waals surface area contributed by atoms with Gasteiger partial charge in [-0.2, -0.15) is 0 Å². The number of fused-ring (bicyclic) bond motifs is 3. The van der Waals surface area contributed by atoms with Crippen molar-refractivity contribution in [3.63, 3.8) is 0 Å². The van der Waals surface area contributed by atoms with Crippen LogP contribution in [0.5, 0.6) is 0 Å². The summed E-state index contributed by atoms with van der Waals surface area (Å²) in [7, 11) is 0. The fourth-order valence-electron chi connectivity index (χ4n) is 4.64. The first-order valence-corrected chi connectivity index (χ1v) is 11.3. The van der Waals surface area contributed by atoms with Crippen LogP contribution in [-0.2, 0) is 19.1 Å². The molecule has 2 aromatic rings. The molecule has 1 aliphatic carbocycles. The lowest BCUT2D eigenvalue weighted by molar-refractivity contribution is -0.144. The van der Waals surface area contributed by atoms with Crippen molar-refractivity contribution in [1.29, 1.82) is 0 Å². The number of alkyl carbamates (subject to hydrolysis) is 1. The zero-order chi connectivity index (χ0) is 24.1. The number of aliphatic carboxylic acids is 1. The third-order valence-electron chi connectivity index (χ3n) is 6.49. The summed E-state index contributed by atoms with van der Waals surface area (Å²) in [6, 6.07) is 14.7. The molecule has 4 N–H and O–H groups in total. The molecule has 2 aromatic carbocycles. The number of hydrogen-bond acceptors (Lipinski definition) is 6. The third-order valence-corrected chi connectivity index (χ3v) is 6.49. The van der Waals surface area contributed by atoms with Crippen LogP contribution in [0, 0.1) is 0 Å². The second-order valence-corrected chi connectivity index (χ2v) is 8.52. The largest absolute Gasteiger partial charge is 0.480 e. The lowest BCUT2D eigenvalue weighted by Gasteiger charge is -2.36. The Morgan fingerprint density at radius 1 is 1.03 bits per heavy atom. The Kier molecular flexibility index (Phi) is 7.14. The number of nitrogens with one attached hydrogen (secondary N) is 2. The first-order valence-electron chi connectivity index (χ1n) is 11.3. The zero-order valence-electron chi connectivity index (χ0n) is 18.7. The minimum atomic E-state index is -1.36. The van der Waals surface area contributed by atoms with Gasteiger partial charge in [0.2, 0.25) is 5.91 Å². The van der Waals surface area contributed by atoms with Crippen molar-refractivity contribution in [1.82, 2.24) is 10.6 Å². The van der Waals surface area contributed by atoms with E-state index in [0.29, 0.717) is 0 Å². The topological polar surface area (TPSA) is 134 Å². The van der Waals surface area contributed by atoms with Gasteiger partial charge in [-0.05, 0) is 22.3 Å². The van der Waals surface area contributed by atoms with Crippen LogP contribution in [0.2, 0.25) is 0 Å². The maximum atomic E-state index is 13.1. The molecule has 1 saturated heterocycles. The fourth-order valence-corrected chi connectivity index (χ4v) is 4.64. The summed E-state index contributed by atoms with van der Waals surface area (Å²) >= 11 is 0. The van der Waals surface area contributed by atoms with Gasteiger partial charge in [-0.15, -0.1) is 0 Å². The van der Waals surface area contributed by atoms with E-state index in [1.54, 1.807) is 0 Å². The van der Waals surface area contributed by atoms with Gasteiger partial charge in [-0.25, -0.2) is 9.59 Å². The van der Waals surface area contributed by atoms with E-state index in [2.05, 4.69) is 10.6 Å². The highest BCUT2D eigenvalue weighted by Gasteiger charge is 2.43. The Hall–Kier alpha value is -3.43. The number of aliphatic hydroxyl groups excluding tert-OH is 1. The molecule has 1 atom stereocenters. The molecule has 2 aliphatic rings. The number of rotatable bonds is 8. The molecule has 9 nitrogen and oxygen atoms in total. The van der Waals surface area contributed by atoms with Gasteiger partial charge >= 0.3 is 12.1 Å². The first-order chi connectivity index (χ1) is 16.4. The number of benzene rings is 2. The second-order valence-electron chi connectivity index (χ2n) is 8.52. The molecule has 2 amide bonds. The fraction of sp³-hybridized carbons (Fsp3) is 0.400. The predicted molar refractivity (Wildman–Crippen MR) is 122 cm³/mol. The predicted octanol–water partition coefficient (Wildman–Crippen LogP) is 2.03. The van der Waals surface area contributed by atoms with Gasteiger partial charge in [-0.3, -0.25) is 4.79 Å². The van der Waals surface area contributed by atoms with Crippen LogP contribution in [0.15, 0.2) is 48.5 Å². The van der Waals surface area contributed by atoms with Gasteiger partial charge in [0.1, 0.15) is 18.2 Å². The maximum absolute atomic E-state index is 13.1. The summed E-state index contributed by atoms with van der Waals surface area (Å²) in [6.07, 6.45) is -0.547. The van der Waals surface area contributed by atoms with E-state index in [9.17, 15) is 19.5 Å². The SMILES string of the molecule is O=C(NC1(C(=O)N[C@@H](CCO)C(=O)O)CCOCC1)OCC1c2ccccc2-c2ccccc21. The number of carbonyl (C=O) groups is 3. The van der Waals surface area contributed by atoms with Crippen molar-refractivity contribution in [3.05, 3.63) is 59.7 Å². The second kappa shape index (κ2) is 10.2. The van der Waals surface area contributed by atoms with Crippen LogP contribution < -0.4 is 10.6 Å². The zero-order valence-corrected chi connectivity index (χ0v) is 18.7. The van der Waals surface area contributed by atoms with Crippen LogP contribution in [0.3, 0.4) is 0 Å². The average Bonchev–Trinajstić information content (AvgIpc) is 3.16. The molecule has 0 saturated carbocycles. The normalized spacial score (nSPS) is 17.2. The van der Waals surface area contributed by atoms with Crippen LogP contribution in [0.4, 0.5) is 4.79 Å². The van der Waals surface area contributed by atoms with E-state index in [-0.39, 0.29) is 45.0 Å². The van der Waals surface area contributed by atoms with Crippen molar-refractivity contribution in [2.24, 2.45) is 0 Å². The number of aliphatic hydroxyl groups is 1. The Bertz CT molecular complexity index is 1020. The molecule has 1 heterocycles. The van der Waals surface area contributed by atoms with Crippen LogP contribution in [0.25, 0.3) is 11.1 Å². The number of hydrogen-bond donors (Lipinski definition) is 4. The molecule has 180 valence electrons. The molecule has 1 aliphatic heterocycles. The van der Waals surface area contributed by atoms with Gasteiger partial charge in [0.25, 0.3) is 0 Å². The molecule has 0 unspecified atom stereocenters. The average molecular weight is 469 g/mol. The molecule has 0 aromatic heterocycles. The lowest BCUT2D eigenvalue weighted by atomic mass is 9.88. The summed E-state index contributed by atoms with van der Waals surface area (Å²) < 4.78 is 10.9. The maximum Gasteiger partial charge on any atom is 0.408 e. The summed E-state index contributed by atoms with van der Waals surface area (Å²) in [4.78, 5) is 37.3. The molecule has 34 heavy (non-hydrogen) atoms. The molecule has 0 spiro atoms. The van der Waals surface area contributed by atoms with Gasteiger partial charge in [0.05, 0.1) is 0 Å². The molecule has 0 bridgehead atoms. The lowest BCUT2D eigenvalue weighted by Crippen LogP contribution is -2.63. The Morgan fingerprint density at radius 2 is 1.62 bits per heavy atom. The van der Waals surface area contributed by atoms with E-state index in [4.69, 9.17) is 14.6 Å². The van der Waals surface area contributed by atoms with E-state index >= 15 is 0 Å². The molecule has 0 radical (unpaired) electrons. The minimum absolute atomic E-state index is 0.0936. The third kappa shape index (κ3) is 4.76. The summed E-state index contributed by atoms with van der Waals surface area (Å²) in [5.74, 6) is -2.02. The van der Waals surface area contributed by atoms with Gasteiger partial charge in [-0.1, -0.05) is 48.5 Å². The first kappa shape index (κ1) is 23.7. The van der Waals surface area contributed by atoms with Crippen LogP contribution >= 0.6 is 0 Å². The number of carboxylic acid groups (broad SMARTS) is 1. The summed E-state index contributed by atoms with van der Waals surface area (Å²) in [5, 5.41) is 23.5. The summed E-state index contributed by atoms with van der Waals surface area (Å²) in [5.41, 5.74) is 3.00.